The Hall–Kier alpha value is -2.54. The first-order valence-electron chi connectivity index (χ1n) is 7.04. The van der Waals surface area contributed by atoms with Gasteiger partial charge in [-0.1, -0.05) is 6.08 Å². The van der Waals surface area contributed by atoms with E-state index in [-0.39, 0.29) is 22.7 Å². The van der Waals surface area contributed by atoms with Crippen molar-refractivity contribution in [3.63, 3.8) is 0 Å². The summed E-state index contributed by atoms with van der Waals surface area (Å²) >= 11 is 0. The largest absolute Gasteiger partial charge is 0.391 e. The van der Waals surface area contributed by atoms with Crippen LogP contribution in [-0.4, -0.2) is 46.7 Å². The number of aromatic nitrogens is 3. The van der Waals surface area contributed by atoms with Gasteiger partial charge >= 0.3 is 6.18 Å². The van der Waals surface area contributed by atoms with Gasteiger partial charge in [0.05, 0.1) is 13.0 Å². The molecule has 0 saturated carbocycles. The predicted octanol–water partition coefficient (Wildman–Crippen LogP) is 0.898. The molecule has 4 N–H and O–H groups in total. The summed E-state index contributed by atoms with van der Waals surface area (Å²) in [5, 5.41) is 8.77. The van der Waals surface area contributed by atoms with E-state index in [0.29, 0.717) is 0 Å². The van der Waals surface area contributed by atoms with Crippen LogP contribution in [0.5, 0.6) is 0 Å². The minimum atomic E-state index is -4.81. The topological polar surface area (TPSA) is 129 Å². The lowest BCUT2D eigenvalue weighted by molar-refractivity contribution is -0.138. The van der Waals surface area contributed by atoms with E-state index in [9.17, 15) is 26.0 Å². The number of rotatable bonds is 3. The van der Waals surface area contributed by atoms with E-state index >= 15 is 0 Å². The van der Waals surface area contributed by atoms with Gasteiger partial charge in [-0.15, -0.1) is 5.10 Å². The number of hydrogen-bond acceptors (Lipinski definition) is 6. The normalized spacial score (nSPS) is 21.2. The van der Waals surface area contributed by atoms with E-state index in [0.717, 1.165) is 22.9 Å². The number of nitrogen functional groups attached to an aromatic ring is 1. The number of primary sulfonamides is 1. The lowest BCUT2D eigenvalue weighted by Crippen LogP contribution is -2.48. The van der Waals surface area contributed by atoms with Gasteiger partial charge in [-0.2, -0.15) is 18.2 Å². The van der Waals surface area contributed by atoms with Crippen LogP contribution in [0.25, 0.3) is 11.2 Å². The third-order valence-corrected chi connectivity index (χ3v) is 5.34. The molecule has 8 nitrogen and oxygen atoms in total. The molecule has 0 aromatic carbocycles. The molecule has 0 radical (unpaired) electrons. The lowest BCUT2D eigenvalue weighted by atomic mass is 9.95. The maximum absolute atomic E-state index is 14.1. The third kappa shape index (κ3) is 3.26. The standard InChI is InChI=1S/C13H12F4N6O2S/c14-9-1-7(4-23-10(9)21-11(18)22-23)8-2-12(6-20-3-8,26(19,24)25)5-13(15,16)17/h1-4H,5-6H2,(H2,18,22)(H2,19,24,25). The molecule has 2 aromatic rings. The van der Waals surface area contributed by atoms with E-state index < -0.39 is 39.7 Å². The number of sulfonamides is 1. The fourth-order valence-corrected chi connectivity index (χ4v) is 3.57. The molecule has 2 aromatic heterocycles. The number of allylic oxidation sites excluding steroid dienone is 1. The van der Waals surface area contributed by atoms with Crippen molar-refractivity contribution >= 4 is 33.4 Å². The highest BCUT2D eigenvalue weighted by molar-refractivity contribution is 7.90. The van der Waals surface area contributed by atoms with Crippen molar-refractivity contribution in [2.45, 2.75) is 17.3 Å². The summed E-state index contributed by atoms with van der Waals surface area (Å²) in [5.74, 6) is -1.05. The van der Waals surface area contributed by atoms with Crippen LogP contribution in [0.1, 0.15) is 12.0 Å². The first-order valence-corrected chi connectivity index (χ1v) is 8.58. The van der Waals surface area contributed by atoms with Crippen molar-refractivity contribution in [2.24, 2.45) is 10.1 Å². The average molecular weight is 392 g/mol. The highest BCUT2D eigenvalue weighted by Gasteiger charge is 2.49. The Morgan fingerprint density at radius 3 is 2.65 bits per heavy atom. The van der Waals surface area contributed by atoms with Crippen molar-refractivity contribution in [2.75, 3.05) is 12.3 Å². The highest BCUT2D eigenvalue weighted by Crippen LogP contribution is 2.37. The molecule has 0 bridgehead atoms. The van der Waals surface area contributed by atoms with E-state index in [1.165, 1.54) is 6.20 Å². The van der Waals surface area contributed by atoms with Crippen LogP contribution in [0.2, 0.25) is 0 Å². The molecule has 13 heteroatoms. The maximum atomic E-state index is 14.1. The Morgan fingerprint density at radius 2 is 2.04 bits per heavy atom. The number of aliphatic imine (C=N–C) groups is 1. The van der Waals surface area contributed by atoms with E-state index in [1.54, 1.807) is 0 Å². The number of hydrogen-bond donors (Lipinski definition) is 2. The molecular formula is C13H12F4N6O2S. The second kappa shape index (κ2) is 5.74. The molecule has 0 fully saturated rings. The molecule has 140 valence electrons. The first kappa shape index (κ1) is 18.3. The zero-order valence-electron chi connectivity index (χ0n) is 12.9. The van der Waals surface area contributed by atoms with Gasteiger partial charge in [-0.05, 0) is 11.6 Å². The summed E-state index contributed by atoms with van der Waals surface area (Å²) < 4.78 is 75.2. The second-order valence-electron chi connectivity index (χ2n) is 5.79. The van der Waals surface area contributed by atoms with Crippen LogP contribution >= 0.6 is 0 Å². The van der Waals surface area contributed by atoms with Crippen LogP contribution in [0.15, 0.2) is 23.3 Å². The summed E-state index contributed by atoms with van der Waals surface area (Å²) in [5.41, 5.74) is 5.19. The molecule has 0 amide bonds. The number of fused-ring (bicyclic) bond motifs is 1. The summed E-state index contributed by atoms with van der Waals surface area (Å²) in [7, 11) is -4.67. The number of nitrogens with two attached hydrogens (primary N) is 2. The number of dihydropyridines is 1. The minimum Gasteiger partial charge on any atom is -0.366 e. The van der Waals surface area contributed by atoms with E-state index in [4.69, 9.17) is 10.9 Å². The SMILES string of the molecule is Nc1nc2c(F)cc(C3=CC(CC(F)(F)F)(S(N)(=O)=O)CN=C3)cn2n1. The first-order chi connectivity index (χ1) is 11.9. The molecule has 1 aliphatic heterocycles. The van der Waals surface area contributed by atoms with Gasteiger partial charge in [0.25, 0.3) is 0 Å². The number of anilines is 1. The van der Waals surface area contributed by atoms with Gasteiger partial charge < -0.3 is 5.73 Å². The second-order valence-corrected chi connectivity index (χ2v) is 7.69. The fourth-order valence-electron chi connectivity index (χ4n) is 2.66. The van der Waals surface area contributed by atoms with Crippen LogP contribution in [0.3, 0.4) is 0 Å². The monoisotopic (exact) mass is 392 g/mol. The Morgan fingerprint density at radius 1 is 1.35 bits per heavy atom. The van der Waals surface area contributed by atoms with Crippen molar-refractivity contribution in [1.29, 1.82) is 0 Å². The quantitative estimate of drug-likeness (QED) is 0.750. The Bertz CT molecular complexity index is 1040. The van der Waals surface area contributed by atoms with Crippen molar-refractivity contribution in [3.05, 3.63) is 29.7 Å². The Labute approximate surface area is 144 Å². The summed E-state index contributed by atoms with van der Waals surface area (Å²) in [6.07, 6.45) is -3.31. The molecule has 0 saturated heterocycles. The van der Waals surface area contributed by atoms with Gasteiger partial charge in [0.2, 0.25) is 16.0 Å². The van der Waals surface area contributed by atoms with Gasteiger partial charge in [-0.25, -0.2) is 22.5 Å². The number of alkyl halides is 3. The summed E-state index contributed by atoms with van der Waals surface area (Å²) in [6.45, 7) is -0.699. The molecule has 1 atom stereocenters. The molecule has 0 spiro atoms. The lowest BCUT2D eigenvalue weighted by Gasteiger charge is -2.30. The minimum absolute atomic E-state index is 0.0403. The molecular weight excluding hydrogens is 380 g/mol. The third-order valence-electron chi connectivity index (χ3n) is 3.81. The van der Waals surface area contributed by atoms with Gasteiger partial charge in [0.1, 0.15) is 4.75 Å². The van der Waals surface area contributed by atoms with Gasteiger partial charge in [-0.3, -0.25) is 4.99 Å². The van der Waals surface area contributed by atoms with E-state index in [1.807, 2.05) is 0 Å². The number of nitrogens with zero attached hydrogens (tertiary/aromatic N) is 4. The number of pyridine rings is 1. The zero-order valence-corrected chi connectivity index (χ0v) is 13.7. The zero-order chi connectivity index (χ0) is 19.3. The molecule has 0 aliphatic carbocycles. The Balaban J connectivity index is 2.16. The Kier molecular flexibility index (Phi) is 4.03. The predicted molar refractivity (Wildman–Crippen MR) is 85.2 cm³/mol. The molecule has 1 unspecified atom stereocenters. The van der Waals surface area contributed by atoms with Gasteiger partial charge in [0, 0.05) is 18.0 Å². The molecule has 1 aliphatic rings. The van der Waals surface area contributed by atoms with Crippen molar-refractivity contribution < 1.29 is 26.0 Å². The molecule has 3 rings (SSSR count). The highest BCUT2D eigenvalue weighted by atomic mass is 32.2. The molecule has 3 heterocycles. The molecule has 26 heavy (non-hydrogen) atoms. The smallest absolute Gasteiger partial charge is 0.366 e. The van der Waals surface area contributed by atoms with Crippen LogP contribution in [0.4, 0.5) is 23.5 Å². The summed E-state index contributed by atoms with van der Waals surface area (Å²) in [4.78, 5) is 7.36. The number of halogens is 4. The average Bonchev–Trinajstić information content (AvgIpc) is 2.85. The van der Waals surface area contributed by atoms with Crippen molar-refractivity contribution in [3.8, 4) is 0 Å². The maximum Gasteiger partial charge on any atom is 0.391 e. The summed E-state index contributed by atoms with van der Waals surface area (Å²) in [6, 6.07) is 0.966. The van der Waals surface area contributed by atoms with Crippen molar-refractivity contribution in [1.82, 2.24) is 14.6 Å². The van der Waals surface area contributed by atoms with Crippen LogP contribution in [-0.2, 0) is 10.0 Å². The van der Waals surface area contributed by atoms with E-state index in [2.05, 4.69) is 15.1 Å². The fraction of sp³-hybridized carbons (Fsp3) is 0.308. The van der Waals surface area contributed by atoms with Crippen LogP contribution in [0, 0.1) is 5.82 Å². The van der Waals surface area contributed by atoms with Crippen LogP contribution < -0.4 is 10.9 Å². The van der Waals surface area contributed by atoms with Gasteiger partial charge in [0.15, 0.2) is 11.5 Å².